The Labute approximate surface area is 152 Å². The Morgan fingerprint density at radius 2 is 2.00 bits per heavy atom. The fraction of sp³-hybridized carbons (Fsp3) is 0.176. The highest BCUT2D eigenvalue weighted by Crippen LogP contribution is 2.34. The second kappa shape index (κ2) is 6.38. The summed E-state index contributed by atoms with van der Waals surface area (Å²) in [6, 6.07) is 8.55. The van der Waals surface area contributed by atoms with E-state index in [1.54, 1.807) is 6.07 Å². The lowest BCUT2D eigenvalue weighted by molar-refractivity contribution is -0.384. The molecule has 1 fully saturated rings. The molecule has 1 aliphatic rings. The van der Waals surface area contributed by atoms with Gasteiger partial charge in [-0.2, -0.15) is 0 Å². The van der Waals surface area contributed by atoms with Gasteiger partial charge in [0.25, 0.3) is 11.6 Å². The van der Waals surface area contributed by atoms with Crippen LogP contribution < -0.4 is 5.32 Å². The molecular weight excluding hydrogens is 365 g/mol. The molecule has 1 N–H and O–H groups in total. The Balaban J connectivity index is 1.91. The van der Waals surface area contributed by atoms with Crippen LogP contribution in [-0.2, 0) is 16.9 Å². The second-order valence-corrected chi connectivity index (χ2v) is 6.40. The van der Waals surface area contributed by atoms with Gasteiger partial charge < -0.3 is 5.32 Å². The highest BCUT2D eigenvalue weighted by Gasteiger charge is 2.49. The largest absolute Gasteiger partial charge is 0.325 e. The number of urea groups is 1. The van der Waals surface area contributed by atoms with E-state index in [1.165, 1.54) is 31.2 Å². The lowest BCUT2D eigenvalue weighted by Gasteiger charge is -2.23. The van der Waals surface area contributed by atoms with E-state index in [4.69, 9.17) is 11.6 Å². The first kappa shape index (κ1) is 17.8. The molecule has 0 spiro atoms. The van der Waals surface area contributed by atoms with Crippen LogP contribution in [0.1, 0.15) is 18.1 Å². The summed E-state index contributed by atoms with van der Waals surface area (Å²) in [5, 5.41) is 13.4. The molecule has 1 atom stereocenters. The summed E-state index contributed by atoms with van der Waals surface area (Å²) in [6.07, 6.45) is 0. The van der Waals surface area contributed by atoms with E-state index in [0.717, 1.165) is 17.0 Å². The van der Waals surface area contributed by atoms with E-state index in [-0.39, 0.29) is 22.8 Å². The molecule has 0 aliphatic carbocycles. The third kappa shape index (κ3) is 2.99. The lowest BCUT2D eigenvalue weighted by atomic mass is 9.92. The number of nitrogens with one attached hydrogen (secondary N) is 1. The molecule has 1 aliphatic heterocycles. The molecule has 9 heteroatoms. The van der Waals surface area contributed by atoms with Gasteiger partial charge in [0.1, 0.15) is 11.4 Å². The SMILES string of the molecule is CC1(c2ccc(F)cc2Cl)NC(=O)N(Cc2cccc([N+](=O)[O-])c2)C1=O. The Bertz CT molecular complexity index is 936. The van der Waals surface area contributed by atoms with E-state index in [9.17, 15) is 24.1 Å². The summed E-state index contributed by atoms with van der Waals surface area (Å²) in [6.45, 7) is 1.33. The molecule has 7 nitrogen and oxygen atoms in total. The van der Waals surface area contributed by atoms with Crippen LogP contribution in [0.3, 0.4) is 0 Å². The van der Waals surface area contributed by atoms with Crippen LogP contribution in [0.15, 0.2) is 42.5 Å². The van der Waals surface area contributed by atoms with Crippen molar-refractivity contribution >= 4 is 29.2 Å². The average molecular weight is 378 g/mol. The number of amides is 3. The van der Waals surface area contributed by atoms with Crippen molar-refractivity contribution in [1.29, 1.82) is 0 Å². The predicted octanol–water partition coefficient (Wildman–Crippen LogP) is 3.35. The van der Waals surface area contributed by atoms with Crippen molar-refractivity contribution in [1.82, 2.24) is 10.2 Å². The number of non-ortho nitro benzene ring substituents is 1. The fourth-order valence-electron chi connectivity index (χ4n) is 2.87. The molecule has 0 radical (unpaired) electrons. The molecule has 0 aromatic heterocycles. The summed E-state index contributed by atoms with van der Waals surface area (Å²) in [5.41, 5.74) is -0.903. The number of hydrogen-bond donors (Lipinski definition) is 1. The zero-order chi connectivity index (χ0) is 19.1. The molecule has 1 saturated heterocycles. The maximum Gasteiger partial charge on any atom is 0.325 e. The van der Waals surface area contributed by atoms with Crippen molar-refractivity contribution in [2.75, 3.05) is 0 Å². The van der Waals surface area contributed by atoms with Crippen molar-refractivity contribution < 1.29 is 18.9 Å². The van der Waals surface area contributed by atoms with Crippen LogP contribution in [0.4, 0.5) is 14.9 Å². The molecule has 0 saturated carbocycles. The van der Waals surface area contributed by atoms with Gasteiger partial charge in [0.2, 0.25) is 0 Å². The first-order valence-corrected chi connectivity index (χ1v) is 7.93. The topological polar surface area (TPSA) is 92.6 Å². The minimum absolute atomic E-state index is 0.0124. The van der Waals surface area contributed by atoms with Crippen LogP contribution in [0.2, 0.25) is 5.02 Å². The molecule has 3 amide bonds. The number of nitrogens with zero attached hydrogens (tertiary/aromatic N) is 2. The van der Waals surface area contributed by atoms with Crippen molar-refractivity contribution in [3.05, 3.63) is 74.5 Å². The van der Waals surface area contributed by atoms with Gasteiger partial charge in [0.05, 0.1) is 11.5 Å². The third-order valence-corrected chi connectivity index (χ3v) is 4.52. The number of hydrogen-bond acceptors (Lipinski definition) is 4. The number of nitro benzene ring substituents is 1. The van der Waals surface area contributed by atoms with Crippen LogP contribution in [0, 0.1) is 15.9 Å². The Morgan fingerprint density at radius 3 is 2.65 bits per heavy atom. The molecule has 0 bridgehead atoms. The molecule has 134 valence electrons. The van der Waals surface area contributed by atoms with Crippen molar-refractivity contribution in [2.24, 2.45) is 0 Å². The van der Waals surface area contributed by atoms with Crippen LogP contribution in [0.5, 0.6) is 0 Å². The summed E-state index contributed by atoms with van der Waals surface area (Å²) >= 11 is 6.04. The minimum atomic E-state index is -1.46. The molecule has 3 rings (SSSR count). The molecular formula is C17H13ClFN3O4. The average Bonchev–Trinajstić information content (AvgIpc) is 2.79. The van der Waals surface area contributed by atoms with Gasteiger partial charge in [-0.3, -0.25) is 19.8 Å². The number of rotatable bonds is 4. The summed E-state index contributed by atoms with van der Waals surface area (Å²) in [7, 11) is 0. The van der Waals surface area contributed by atoms with Gasteiger partial charge in [0.15, 0.2) is 0 Å². The van der Waals surface area contributed by atoms with Gasteiger partial charge >= 0.3 is 6.03 Å². The first-order valence-electron chi connectivity index (χ1n) is 7.55. The monoisotopic (exact) mass is 377 g/mol. The predicted molar refractivity (Wildman–Crippen MR) is 90.9 cm³/mol. The van der Waals surface area contributed by atoms with E-state index >= 15 is 0 Å². The quantitative estimate of drug-likeness (QED) is 0.502. The van der Waals surface area contributed by atoms with Gasteiger partial charge in [-0.05, 0) is 24.6 Å². The normalized spacial score (nSPS) is 19.6. The number of carbonyl (C=O) groups excluding carboxylic acids is 2. The maximum atomic E-state index is 13.3. The molecule has 26 heavy (non-hydrogen) atoms. The third-order valence-electron chi connectivity index (χ3n) is 4.21. The van der Waals surface area contributed by atoms with Crippen LogP contribution in [0.25, 0.3) is 0 Å². The van der Waals surface area contributed by atoms with Crippen molar-refractivity contribution in [3.63, 3.8) is 0 Å². The highest BCUT2D eigenvalue weighted by molar-refractivity contribution is 6.32. The van der Waals surface area contributed by atoms with Gasteiger partial charge in [-0.15, -0.1) is 0 Å². The van der Waals surface area contributed by atoms with E-state index in [1.807, 2.05) is 0 Å². The second-order valence-electron chi connectivity index (χ2n) is 6.00. The summed E-state index contributed by atoms with van der Waals surface area (Å²) in [4.78, 5) is 36.4. The van der Waals surface area contributed by atoms with Crippen molar-refractivity contribution in [2.45, 2.75) is 19.0 Å². The number of carbonyl (C=O) groups is 2. The van der Waals surface area contributed by atoms with E-state index in [0.29, 0.717) is 5.56 Å². The molecule has 2 aromatic rings. The fourth-order valence-corrected chi connectivity index (χ4v) is 3.23. The number of halogens is 2. The molecule has 1 unspecified atom stereocenters. The Kier molecular flexibility index (Phi) is 4.37. The summed E-state index contributed by atoms with van der Waals surface area (Å²) in [5.74, 6) is -1.14. The number of benzene rings is 2. The number of imide groups is 1. The number of nitro groups is 1. The van der Waals surface area contributed by atoms with Gasteiger partial charge in [0, 0.05) is 22.7 Å². The standard InChI is InChI=1S/C17H13ClFN3O4/c1-17(13-6-5-11(19)8-14(13)18)15(23)21(16(24)20-17)9-10-3-2-4-12(7-10)22(25)26/h2-8H,9H2,1H3,(H,20,24). The van der Waals surface area contributed by atoms with Gasteiger partial charge in [-0.25, -0.2) is 9.18 Å². The highest BCUT2D eigenvalue weighted by atomic mass is 35.5. The van der Waals surface area contributed by atoms with Crippen molar-refractivity contribution in [3.8, 4) is 0 Å². The zero-order valence-electron chi connectivity index (χ0n) is 13.5. The molecule has 1 heterocycles. The Hall–Kier alpha value is -3.00. The summed E-state index contributed by atoms with van der Waals surface area (Å²) < 4.78 is 13.3. The lowest BCUT2D eigenvalue weighted by Crippen LogP contribution is -2.41. The smallest absolute Gasteiger partial charge is 0.319 e. The van der Waals surface area contributed by atoms with Crippen LogP contribution in [-0.4, -0.2) is 21.8 Å². The zero-order valence-corrected chi connectivity index (χ0v) is 14.3. The first-order chi connectivity index (χ1) is 12.2. The van der Waals surface area contributed by atoms with Gasteiger partial charge in [-0.1, -0.05) is 29.8 Å². The van der Waals surface area contributed by atoms with E-state index in [2.05, 4.69) is 5.32 Å². The maximum absolute atomic E-state index is 13.3. The molecule has 2 aromatic carbocycles. The van der Waals surface area contributed by atoms with Crippen LogP contribution >= 0.6 is 11.6 Å². The Morgan fingerprint density at radius 1 is 1.27 bits per heavy atom. The van der Waals surface area contributed by atoms with E-state index < -0.39 is 28.2 Å². The minimum Gasteiger partial charge on any atom is -0.319 e.